The fourth-order valence-corrected chi connectivity index (χ4v) is 3.45. The molecular formula is C21H37IN4O. The average molecular weight is 488 g/mol. The highest BCUT2D eigenvalue weighted by molar-refractivity contribution is 14.0. The predicted octanol–water partition coefficient (Wildman–Crippen LogP) is 3.19. The molecule has 1 saturated heterocycles. The molecule has 1 fully saturated rings. The molecule has 0 spiro atoms. The van der Waals surface area contributed by atoms with Crippen LogP contribution in [-0.2, 0) is 5.60 Å². The summed E-state index contributed by atoms with van der Waals surface area (Å²) in [6.45, 7) is 11.8. The Balaban J connectivity index is 0.00000364. The molecule has 0 aromatic heterocycles. The first-order chi connectivity index (χ1) is 12.5. The quantitative estimate of drug-likeness (QED) is 0.299. The SMILES string of the molecule is CCNC(=NCC(C)(O)c1ccccc1)NCCC1CCN(CC)CC1.I. The third kappa shape index (κ3) is 8.35. The van der Waals surface area contributed by atoms with Gasteiger partial charge in [0.05, 0.1) is 6.54 Å². The molecule has 6 heteroatoms. The number of benzene rings is 1. The second kappa shape index (κ2) is 12.6. The lowest BCUT2D eigenvalue weighted by molar-refractivity contribution is 0.0672. The molecule has 0 amide bonds. The summed E-state index contributed by atoms with van der Waals surface area (Å²) in [7, 11) is 0. The van der Waals surface area contributed by atoms with Crippen molar-refractivity contribution in [1.29, 1.82) is 0 Å². The van der Waals surface area contributed by atoms with Crippen LogP contribution in [0.15, 0.2) is 35.3 Å². The van der Waals surface area contributed by atoms with Gasteiger partial charge in [0.2, 0.25) is 0 Å². The van der Waals surface area contributed by atoms with E-state index in [9.17, 15) is 5.11 Å². The molecule has 154 valence electrons. The maximum absolute atomic E-state index is 10.7. The minimum Gasteiger partial charge on any atom is -0.384 e. The van der Waals surface area contributed by atoms with Crippen molar-refractivity contribution >= 4 is 29.9 Å². The molecule has 2 rings (SSSR count). The van der Waals surface area contributed by atoms with Crippen LogP contribution >= 0.6 is 24.0 Å². The Morgan fingerprint density at radius 2 is 1.85 bits per heavy atom. The van der Waals surface area contributed by atoms with E-state index in [0.29, 0.717) is 6.54 Å². The van der Waals surface area contributed by atoms with Gasteiger partial charge in [0.25, 0.3) is 0 Å². The minimum absolute atomic E-state index is 0. The lowest BCUT2D eigenvalue weighted by Crippen LogP contribution is -2.40. The fourth-order valence-electron chi connectivity index (χ4n) is 3.45. The lowest BCUT2D eigenvalue weighted by Gasteiger charge is -2.31. The zero-order valence-electron chi connectivity index (χ0n) is 17.1. The van der Waals surface area contributed by atoms with E-state index in [1.54, 1.807) is 0 Å². The first-order valence-electron chi connectivity index (χ1n) is 10.1. The molecule has 0 aliphatic carbocycles. The summed E-state index contributed by atoms with van der Waals surface area (Å²) >= 11 is 0. The summed E-state index contributed by atoms with van der Waals surface area (Å²) < 4.78 is 0. The highest BCUT2D eigenvalue weighted by Crippen LogP contribution is 2.21. The van der Waals surface area contributed by atoms with Crippen LogP contribution in [-0.4, -0.2) is 55.2 Å². The molecular weight excluding hydrogens is 451 g/mol. The summed E-state index contributed by atoms with van der Waals surface area (Å²) in [5.41, 5.74) is -0.0707. The van der Waals surface area contributed by atoms with Crippen molar-refractivity contribution in [2.24, 2.45) is 10.9 Å². The van der Waals surface area contributed by atoms with Crippen molar-refractivity contribution in [1.82, 2.24) is 15.5 Å². The van der Waals surface area contributed by atoms with E-state index in [4.69, 9.17) is 0 Å². The summed E-state index contributed by atoms with van der Waals surface area (Å²) in [6.07, 6.45) is 3.77. The van der Waals surface area contributed by atoms with Crippen LogP contribution in [0.1, 0.15) is 45.6 Å². The Bertz CT molecular complexity index is 542. The lowest BCUT2D eigenvalue weighted by atomic mass is 9.93. The van der Waals surface area contributed by atoms with Crippen LogP contribution in [0.25, 0.3) is 0 Å². The smallest absolute Gasteiger partial charge is 0.191 e. The standard InChI is InChI=1S/C21H36N4O.HI/c1-4-22-20(23-14-11-18-12-15-25(5-2)16-13-18)24-17-21(3,26)19-9-7-6-8-10-19;/h6-10,18,26H,4-5,11-17H2,1-3H3,(H2,22,23,24);1H. The average Bonchev–Trinajstić information content (AvgIpc) is 2.67. The number of hydrogen-bond donors (Lipinski definition) is 3. The Morgan fingerprint density at radius 3 is 2.44 bits per heavy atom. The van der Waals surface area contributed by atoms with Gasteiger partial charge in [-0.05, 0) is 64.2 Å². The van der Waals surface area contributed by atoms with Gasteiger partial charge in [-0.3, -0.25) is 0 Å². The number of nitrogens with one attached hydrogen (secondary N) is 2. The largest absolute Gasteiger partial charge is 0.384 e. The van der Waals surface area contributed by atoms with Gasteiger partial charge < -0.3 is 20.6 Å². The van der Waals surface area contributed by atoms with E-state index in [0.717, 1.165) is 30.5 Å². The number of likely N-dealkylation sites (tertiary alicyclic amines) is 1. The van der Waals surface area contributed by atoms with E-state index in [2.05, 4.69) is 34.4 Å². The molecule has 1 atom stereocenters. The molecule has 0 radical (unpaired) electrons. The Labute approximate surface area is 182 Å². The molecule has 0 saturated carbocycles. The van der Waals surface area contributed by atoms with Crippen molar-refractivity contribution in [3.63, 3.8) is 0 Å². The maximum atomic E-state index is 10.7. The van der Waals surface area contributed by atoms with Crippen molar-refractivity contribution in [2.75, 3.05) is 39.3 Å². The molecule has 1 unspecified atom stereocenters. The van der Waals surface area contributed by atoms with Crippen LogP contribution in [0.5, 0.6) is 0 Å². The minimum atomic E-state index is -0.962. The molecule has 1 aliphatic rings. The topological polar surface area (TPSA) is 59.9 Å². The molecule has 5 nitrogen and oxygen atoms in total. The van der Waals surface area contributed by atoms with Gasteiger partial charge in [0.15, 0.2) is 5.96 Å². The first kappa shape index (κ1) is 24.2. The Hall–Kier alpha value is -0.860. The highest BCUT2D eigenvalue weighted by Gasteiger charge is 2.22. The van der Waals surface area contributed by atoms with Crippen LogP contribution in [0, 0.1) is 5.92 Å². The third-order valence-electron chi connectivity index (χ3n) is 5.28. The number of piperidine rings is 1. The summed E-state index contributed by atoms with van der Waals surface area (Å²) in [5, 5.41) is 17.4. The predicted molar refractivity (Wildman–Crippen MR) is 125 cm³/mol. The molecule has 1 heterocycles. The van der Waals surface area contributed by atoms with E-state index < -0.39 is 5.60 Å². The number of hydrogen-bond acceptors (Lipinski definition) is 3. The normalized spacial score (nSPS) is 18.4. The van der Waals surface area contributed by atoms with E-state index >= 15 is 0 Å². The zero-order chi connectivity index (χ0) is 18.8. The number of halogens is 1. The molecule has 0 bridgehead atoms. The van der Waals surface area contributed by atoms with Crippen molar-refractivity contribution in [2.45, 2.75) is 45.6 Å². The number of guanidine groups is 1. The van der Waals surface area contributed by atoms with Gasteiger partial charge in [-0.2, -0.15) is 0 Å². The second-order valence-electron chi connectivity index (χ2n) is 7.43. The van der Waals surface area contributed by atoms with E-state index in [1.807, 2.05) is 37.3 Å². The van der Waals surface area contributed by atoms with Crippen molar-refractivity contribution in [3.05, 3.63) is 35.9 Å². The fraction of sp³-hybridized carbons (Fsp3) is 0.667. The molecule has 1 aliphatic heterocycles. The van der Waals surface area contributed by atoms with Gasteiger partial charge in [-0.1, -0.05) is 37.3 Å². The van der Waals surface area contributed by atoms with Gasteiger partial charge in [0, 0.05) is 13.1 Å². The summed E-state index contributed by atoms with van der Waals surface area (Å²) in [4.78, 5) is 7.13. The maximum Gasteiger partial charge on any atom is 0.191 e. The Kier molecular flexibility index (Phi) is 11.3. The van der Waals surface area contributed by atoms with Crippen molar-refractivity contribution in [3.8, 4) is 0 Å². The van der Waals surface area contributed by atoms with E-state index in [-0.39, 0.29) is 24.0 Å². The highest BCUT2D eigenvalue weighted by atomic mass is 127. The second-order valence-corrected chi connectivity index (χ2v) is 7.43. The third-order valence-corrected chi connectivity index (χ3v) is 5.28. The molecule has 27 heavy (non-hydrogen) atoms. The van der Waals surface area contributed by atoms with Crippen molar-refractivity contribution < 1.29 is 5.11 Å². The van der Waals surface area contributed by atoms with Gasteiger partial charge in [-0.25, -0.2) is 4.99 Å². The van der Waals surface area contributed by atoms with Crippen LogP contribution in [0.2, 0.25) is 0 Å². The summed E-state index contributed by atoms with van der Waals surface area (Å²) in [5.74, 6) is 1.59. The molecule has 1 aromatic rings. The van der Waals surface area contributed by atoms with Gasteiger partial charge in [0.1, 0.15) is 5.60 Å². The zero-order valence-corrected chi connectivity index (χ0v) is 19.4. The first-order valence-corrected chi connectivity index (χ1v) is 10.1. The molecule has 1 aromatic carbocycles. The monoisotopic (exact) mass is 488 g/mol. The Morgan fingerprint density at radius 1 is 1.19 bits per heavy atom. The summed E-state index contributed by atoms with van der Waals surface area (Å²) in [6, 6.07) is 9.73. The number of rotatable bonds is 8. The van der Waals surface area contributed by atoms with Crippen LogP contribution in [0.3, 0.4) is 0 Å². The van der Waals surface area contributed by atoms with E-state index in [1.165, 1.54) is 38.9 Å². The number of aliphatic imine (C=N–C) groups is 1. The van der Waals surface area contributed by atoms with Crippen LogP contribution < -0.4 is 10.6 Å². The number of aliphatic hydroxyl groups is 1. The van der Waals surface area contributed by atoms with Crippen LogP contribution in [0.4, 0.5) is 0 Å². The number of nitrogens with zero attached hydrogens (tertiary/aromatic N) is 2. The van der Waals surface area contributed by atoms with Gasteiger partial charge in [-0.15, -0.1) is 24.0 Å². The van der Waals surface area contributed by atoms with Gasteiger partial charge >= 0.3 is 0 Å². The molecule has 3 N–H and O–H groups in total.